The Balaban J connectivity index is 0.00000261. The summed E-state index contributed by atoms with van der Waals surface area (Å²) in [4.78, 5) is 15.1. The zero-order chi connectivity index (χ0) is 18.9. The van der Waals surface area contributed by atoms with Gasteiger partial charge in [-0.1, -0.05) is 31.5 Å². The number of amides is 1. The third-order valence-corrected chi connectivity index (χ3v) is 6.82. The highest BCUT2D eigenvalue weighted by atomic mass is 35.5. The fraction of sp³-hybridized carbons (Fsp3) is 0.632. The van der Waals surface area contributed by atoms with E-state index in [-0.39, 0.29) is 29.1 Å². The number of benzene rings is 1. The van der Waals surface area contributed by atoms with Gasteiger partial charge in [0.25, 0.3) is 0 Å². The van der Waals surface area contributed by atoms with Gasteiger partial charge in [-0.15, -0.1) is 12.4 Å². The van der Waals surface area contributed by atoms with Crippen LogP contribution >= 0.6 is 12.4 Å². The normalized spacial score (nSPS) is 23.2. The lowest BCUT2D eigenvalue weighted by Gasteiger charge is -2.26. The van der Waals surface area contributed by atoms with Crippen molar-refractivity contribution < 1.29 is 13.2 Å². The molecule has 2 saturated heterocycles. The van der Waals surface area contributed by atoms with Gasteiger partial charge >= 0.3 is 0 Å². The lowest BCUT2D eigenvalue weighted by molar-refractivity contribution is -0.132. The minimum Gasteiger partial charge on any atom is -0.341 e. The Labute approximate surface area is 168 Å². The fourth-order valence-corrected chi connectivity index (χ4v) is 5.10. The highest BCUT2D eigenvalue weighted by Gasteiger charge is 2.40. The molecule has 27 heavy (non-hydrogen) atoms. The molecule has 0 radical (unpaired) electrons. The molecule has 1 unspecified atom stereocenters. The first kappa shape index (κ1) is 22.1. The Morgan fingerprint density at radius 1 is 1.19 bits per heavy atom. The van der Waals surface area contributed by atoms with Crippen molar-refractivity contribution in [3.63, 3.8) is 0 Å². The minimum absolute atomic E-state index is 0. The maximum atomic E-state index is 13.1. The summed E-state index contributed by atoms with van der Waals surface area (Å²) >= 11 is 0. The summed E-state index contributed by atoms with van der Waals surface area (Å²) in [6.45, 7) is 9.24. The summed E-state index contributed by atoms with van der Waals surface area (Å²) in [5, 5.41) is 3.36. The van der Waals surface area contributed by atoms with Crippen LogP contribution in [-0.4, -0.2) is 51.4 Å². The molecule has 6 nitrogen and oxygen atoms in total. The third-order valence-electron chi connectivity index (χ3n) is 5.34. The Morgan fingerprint density at radius 3 is 2.26 bits per heavy atom. The molecule has 152 valence electrons. The van der Waals surface area contributed by atoms with E-state index < -0.39 is 16.1 Å². The smallest absolute Gasteiger partial charge is 0.241 e. The molecule has 2 fully saturated rings. The summed E-state index contributed by atoms with van der Waals surface area (Å²) in [6, 6.07) is 5.99. The number of carbonyl (C=O) groups is 1. The average Bonchev–Trinajstić information content (AvgIpc) is 3.15. The van der Waals surface area contributed by atoms with Crippen LogP contribution in [0, 0.1) is 24.7 Å². The molecule has 3 rings (SSSR count). The van der Waals surface area contributed by atoms with Crippen molar-refractivity contribution in [2.75, 3.05) is 26.2 Å². The number of sulfonamides is 1. The van der Waals surface area contributed by atoms with Gasteiger partial charge in [0.15, 0.2) is 0 Å². The molecule has 0 aliphatic carbocycles. The largest absolute Gasteiger partial charge is 0.341 e. The second-order valence-corrected chi connectivity index (χ2v) is 9.75. The number of nitrogens with zero attached hydrogens (tertiary/aromatic N) is 1. The lowest BCUT2D eigenvalue weighted by atomic mass is 10.0. The number of halogens is 1. The van der Waals surface area contributed by atoms with Gasteiger partial charge in [-0.05, 0) is 43.2 Å². The third kappa shape index (κ3) is 5.22. The standard InChI is InChI=1S/C19H29N3O3S.ClH/c1-13(2)8-18(19(23)22-11-15-9-20-10-16(15)12-22)21-26(24,25)17-6-4-14(3)5-7-17;/h4-7,13,15-16,18,20-21H,8-12H2,1-3H3;1H/t15-,16+,18?;. The zero-order valence-electron chi connectivity index (χ0n) is 16.1. The van der Waals surface area contributed by atoms with Crippen molar-refractivity contribution >= 4 is 28.3 Å². The molecule has 2 aliphatic rings. The van der Waals surface area contributed by atoms with Crippen LogP contribution < -0.4 is 10.0 Å². The SMILES string of the molecule is Cc1ccc(S(=O)(=O)NC(CC(C)C)C(=O)N2C[C@H]3CNC[C@H]3C2)cc1.Cl. The Morgan fingerprint density at radius 2 is 1.74 bits per heavy atom. The predicted octanol–water partition coefficient (Wildman–Crippen LogP) is 1.79. The fourth-order valence-electron chi connectivity index (χ4n) is 3.90. The summed E-state index contributed by atoms with van der Waals surface area (Å²) in [5.74, 6) is 1.11. The quantitative estimate of drug-likeness (QED) is 0.742. The number of hydrogen-bond acceptors (Lipinski definition) is 4. The van der Waals surface area contributed by atoms with Gasteiger partial charge in [0.1, 0.15) is 6.04 Å². The molecule has 1 aromatic rings. The Kier molecular flexibility index (Phi) is 7.30. The maximum Gasteiger partial charge on any atom is 0.241 e. The number of fused-ring (bicyclic) bond motifs is 1. The summed E-state index contributed by atoms with van der Waals surface area (Å²) < 4.78 is 28.2. The van der Waals surface area contributed by atoms with Crippen LogP contribution in [-0.2, 0) is 14.8 Å². The highest BCUT2D eigenvalue weighted by Crippen LogP contribution is 2.27. The molecule has 0 bridgehead atoms. The van der Waals surface area contributed by atoms with Crippen molar-refractivity contribution in [3.8, 4) is 0 Å². The van der Waals surface area contributed by atoms with E-state index >= 15 is 0 Å². The number of aryl methyl sites for hydroxylation is 1. The van der Waals surface area contributed by atoms with Gasteiger partial charge in [-0.3, -0.25) is 4.79 Å². The van der Waals surface area contributed by atoms with Crippen LogP contribution in [0.2, 0.25) is 0 Å². The molecule has 0 saturated carbocycles. The average molecular weight is 416 g/mol. The number of nitrogens with one attached hydrogen (secondary N) is 2. The van der Waals surface area contributed by atoms with E-state index in [1.807, 2.05) is 25.7 Å². The number of hydrogen-bond donors (Lipinski definition) is 2. The molecule has 2 N–H and O–H groups in total. The second-order valence-electron chi connectivity index (χ2n) is 8.04. The van der Waals surface area contributed by atoms with Crippen molar-refractivity contribution in [1.29, 1.82) is 0 Å². The van der Waals surface area contributed by atoms with E-state index in [2.05, 4.69) is 10.0 Å². The topological polar surface area (TPSA) is 78.5 Å². The second kappa shape index (κ2) is 8.90. The Hall–Kier alpha value is -1.15. The molecule has 8 heteroatoms. The molecule has 1 amide bonds. The predicted molar refractivity (Wildman–Crippen MR) is 108 cm³/mol. The molecular weight excluding hydrogens is 386 g/mol. The van der Waals surface area contributed by atoms with Gasteiger partial charge in [0, 0.05) is 26.2 Å². The van der Waals surface area contributed by atoms with E-state index in [0.29, 0.717) is 18.3 Å². The van der Waals surface area contributed by atoms with Crippen molar-refractivity contribution in [3.05, 3.63) is 29.8 Å². The van der Waals surface area contributed by atoms with Gasteiger partial charge in [0.05, 0.1) is 4.90 Å². The van der Waals surface area contributed by atoms with Crippen LogP contribution in [0.4, 0.5) is 0 Å². The van der Waals surface area contributed by atoms with Crippen LogP contribution in [0.5, 0.6) is 0 Å². The molecule has 1 aromatic carbocycles. The molecular formula is C19H30ClN3O3S. The first-order valence-corrected chi connectivity index (χ1v) is 10.8. The van der Waals surface area contributed by atoms with Crippen LogP contribution in [0.25, 0.3) is 0 Å². The van der Waals surface area contributed by atoms with Crippen LogP contribution in [0.1, 0.15) is 25.8 Å². The van der Waals surface area contributed by atoms with E-state index in [9.17, 15) is 13.2 Å². The number of carbonyl (C=O) groups excluding carboxylic acids is 1. The first-order chi connectivity index (χ1) is 12.3. The van der Waals surface area contributed by atoms with E-state index in [1.54, 1.807) is 24.3 Å². The van der Waals surface area contributed by atoms with E-state index in [0.717, 1.165) is 31.7 Å². The van der Waals surface area contributed by atoms with Crippen molar-refractivity contribution in [1.82, 2.24) is 14.9 Å². The monoisotopic (exact) mass is 415 g/mol. The van der Waals surface area contributed by atoms with Crippen LogP contribution in [0.15, 0.2) is 29.2 Å². The van der Waals surface area contributed by atoms with Crippen molar-refractivity contribution in [2.24, 2.45) is 17.8 Å². The zero-order valence-corrected chi connectivity index (χ0v) is 17.8. The highest BCUT2D eigenvalue weighted by molar-refractivity contribution is 7.89. The Bertz CT molecular complexity index is 740. The first-order valence-electron chi connectivity index (χ1n) is 9.35. The van der Waals surface area contributed by atoms with Gasteiger partial charge in [-0.25, -0.2) is 8.42 Å². The van der Waals surface area contributed by atoms with Crippen molar-refractivity contribution in [2.45, 2.75) is 38.1 Å². The molecule has 0 aromatic heterocycles. The summed E-state index contributed by atoms with van der Waals surface area (Å²) in [6.07, 6.45) is 0.494. The molecule has 0 spiro atoms. The summed E-state index contributed by atoms with van der Waals surface area (Å²) in [5.41, 5.74) is 0.996. The molecule has 2 heterocycles. The number of rotatable bonds is 6. The van der Waals surface area contributed by atoms with Gasteiger partial charge < -0.3 is 10.2 Å². The van der Waals surface area contributed by atoms with Gasteiger partial charge in [0.2, 0.25) is 15.9 Å². The van der Waals surface area contributed by atoms with Gasteiger partial charge in [-0.2, -0.15) is 4.72 Å². The minimum atomic E-state index is -3.72. The maximum absolute atomic E-state index is 13.1. The lowest BCUT2D eigenvalue weighted by Crippen LogP contribution is -2.49. The van der Waals surface area contributed by atoms with Crippen LogP contribution in [0.3, 0.4) is 0 Å². The van der Waals surface area contributed by atoms with E-state index in [4.69, 9.17) is 0 Å². The summed E-state index contributed by atoms with van der Waals surface area (Å²) in [7, 11) is -3.72. The number of likely N-dealkylation sites (tertiary alicyclic amines) is 1. The molecule has 3 atom stereocenters. The van der Waals surface area contributed by atoms with E-state index in [1.165, 1.54) is 0 Å². The molecule has 2 aliphatic heterocycles.